The number of anilines is 1. The van der Waals surface area contributed by atoms with Crippen LogP contribution in [0.5, 0.6) is 0 Å². The molecule has 0 aliphatic heterocycles. The van der Waals surface area contributed by atoms with Gasteiger partial charge in [-0.25, -0.2) is 4.98 Å². The van der Waals surface area contributed by atoms with Gasteiger partial charge in [-0.1, -0.05) is 13.8 Å². The molecule has 100 valence electrons. The number of pyridine rings is 1. The summed E-state index contributed by atoms with van der Waals surface area (Å²) in [5.41, 5.74) is 6.40. The summed E-state index contributed by atoms with van der Waals surface area (Å²) in [6, 6.07) is 3.61. The van der Waals surface area contributed by atoms with Crippen LogP contribution in [0.4, 0.5) is 5.69 Å². The number of halogens is 1. The standard InChI is InChI=1S/C13H20BrN3O/c1-9(2)5-10(7-15)6-13(18)17-11-3-4-12(14)16-8-11/h3-4,8-10H,5-7,15H2,1-2H3,(H,17,18). The molecule has 1 heterocycles. The number of carbonyl (C=O) groups is 1. The summed E-state index contributed by atoms with van der Waals surface area (Å²) >= 11 is 3.25. The van der Waals surface area contributed by atoms with E-state index >= 15 is 0 Å². The van der Waals surface area contributed by atoms with Gasteiger partial charge in [0, 0.05) is 6.42 Å². The van der Waals surface area contributed by atoms with Crippen LogP contribution in [0.15, 0.2) is 22.9 Å². The maximum absolute atomic E-state index is 11.8. The third-order valence-corrected chi connectivity index (χ3v) is 3.09. The highest BCUT2D eigenvalue weighted by atomic mass is 79.9. The van der Waals surface area contributed by atoms with Crippen LogP contribution >= 0.6 is 15.9 Å². The van der Waals surface area contributed by atoms with Crippen molar-refractivity contribution in [2.75, 3.05) is 11.9 Å². The van der Waals surface area contributed by atoms with Crippen molar-refractivity contribution >= 4 is 27.5 Å². The molecule has 0 aromatic carbocycles. The van der Waals surface area contributed by atoms with Crippen LogP contribution in [-0.4, -0.2) is 17.4 Å². The summed E-state index contributed by atoms with van der Waals surface area (Å²) < 4.78 is 0.750. The zero-order valence-electron chi connectivity index (χ0n) is 10.8. The summed E-state index contributed by atoms with van der Waals surface area (Å²) in [6.07, 6.45) is 3.06. The molecule has 1 amide bonds. The van der Waals surface area contributed by atoms with Gasteiger partial charge in [0.05, 0.1) is 11.9 Å². The van der Waals surface area contributed by atoms with Gasteiger partial charge in [0.15, 0.2) is 0 Å². The predicted octanol–water partition coefficient (Wildman–Crippen LogP) is 2.79. The van der Waals surface area contributed by atoms with Crippen molar-refractivity contribution in [1.82, 2.24) is 4.98 Å². The molecule has 3 N–H and O–H groups in total. The fourth-order valence-electron chi connectivity index (χ4n) is 1.85. The SMILES string of the molecule is CC(C)CC(CN)CC(=O)Nc1ccc(Br)nc1. The second kappa shape index (κ2) is 7.48. The van der Waals surface area contributed by atoms with E-state index in [0.717, 1.165) is 11.0 Å². The van der Waals surface area contributed by atoms with Gasteiger partial charge >= 0.3 is 0 Å². The molecule has 0 saturated carbocycles. The van der Waals surface area contributed by atoms with Crippen molar-refractivity contribution in [2.45, 2.75) is 26.7 Å². The van der Waals surface area contributed by atoms with Crippen LogP contribution < -0.4 is 11.1 Å². The summed E-state index contributed by atoms with van der Waals surface area (Å²) in [5.74, 6) is 0.796. The first-order valence-corrected chi connectivity index (χ1v) is 6.92. The van der Waals surface area contributed by atoms with Crippen molar-refractivity contribution in [1.29, 1.82) is 0 Å². The van der Waals surface area contributed by atoms with Gasteiger partial charge in [-0.2, -0.15) is 0 Å². The molecule has 0 fully saturated rings. The highest BCUT2D eigenvalue weighted by molar-refractivity contribution is 9.10. The monoisotopic (exact) mass is 313 g/mol. The van der Waals surface area contributed by atoms with Crippen molar-refractivity contribution in [3.63, 3.8) is 0 Å². The summed E-state index contributed by atoms with van der Waals surface area (Å²) in [6.45, 7) is 4.82. The van der Waals surface area contributed by atoms with Crippen molar-refractivity contribution in [3.05, 3.63) is 22.9 Å². The molecule has 1 unspecified atom stereocenters. The molecule has 1 atom stereocenters. The van der Waals surface area contributed by atoms with Gasteiger partial charge in [0.25, 0.3) is 0 Å². The number of hydrogen-bond acceptors (Lipinski definition) is 3. The Morgan fingerprint density at radius 3 is 2.72 bits per heavy atom. The topological polar surface area (TPSA) is 68.0 Å². The van der Waals surface area contributed by atoms with E-state index in [1.807, 2.05) is 6.07 Å². The second-order valence-electron chi connectivity index (χ2n) is 4.85. The normalized spacial score (nSPS) is 12.5. The highest BCUT2D eigenvalue weighted by Crippen LogP contribution is 2.16. The first kappa shape index (κ1) is 15.1. The maximum Gasteiger partial charge on any atom is 0.224 e. The highest BCUT2D eigenvalue weighted by Gasteiger charge is 2.14. The average Bonchev–Trinajstić information content (AvgIpc) is 2.30. The van der Waals surface area contributed by atoms with Gasteiger partial charge in [0.1, 0.15) is 4.60 Å². The number of carbonyl (C=O) groups excluding carboxylic acids is 1. The van der Waals surface area contributed by atoms with E-state index < -0.39 is 0 Å². The number of hydrogen-bond donors (Lipinski definition) is 2. The maximum atomic E-state index is 11.8. The minimum atomic E-state index is -0.00442. The molecular weight excluding hydrogens is 294 g/mol. The van der Waals surface area contributed by atoms with Crippen LogP contribution in [0.25, 0.3) is 0 Å². The van der Waals surface area contributed by atoms with Gasteiger partial charge in [-0.05, 0) is 52.9 Å². The lowest BCUT2D eigenvalue weighted by molar-refractivity contribution is -0.117. The Balaban J connectivity index is 2.47. The molecule has 0 aliphatic rings. The first-order valence-electron chi connectivity index (χ1n) is 6.12. The lowest BCUT2D eigenvalue weighted by Crippen LogP contribution is -2.23. The fraction of sp³-hybridized carbons (Fsp3) is 0.538. The van der Waals surface area contributed by atoms with Crippen LogP contribution in [0.2, 0.25) is 0 Å². The quantitative estimate of drug-likeness (QED) is 0.793. The van der Waals surface area contributed by atoms with Crippen LogP contribution in [0.1, 0.15) is 26.7 Å². The third-order valence-electron chi connectivity index (χ3n) is 2.62. The van der Waals surface area contributed by atoms with E-state index in [-0.39, 0.29) is 11.8 Å². The number of nitrogens with one attached hydrogen (secondary N) is 1. The van der Waals surface area contributed by atoms with Crippen LogP contribution in [0, 0.1) is 11.8 Å². The van der Waals surface area contributed by atoms with E-state index in [9.17, 15) is 4.79 Å². The fourth-order valence-corrected chi connectivity index (χ4v) is 2.09. The van der Waals surface area contributed by atoms with Crippen molar-refractivity contribution in [3.8, 4) is 0 Å². The zero-order valence-corrected chi connectivity index (χ0v) is 12.4. The minimum absolute atomic E-state index is 0.00442. The van der Waals surface area contributed by atoms with Crippen molar-refractivity contribution < 1.29 is 4.79 Å². The van der Waals surface area contributed by atoms with Gasteiger partial charge < -0.3 is 11.1 Å². The number of aromatic nitrogens is 1. The Kier molecular flexibility index (Phi) is 6.29. The van der Waals surface area contributed by atoms with Gasteiger partial charge in [-0.3, -0.25) is 4.79 Å². The molecular formula is C13H20BrN3O. The molecule has 4 nitrogen and oxygen atoms in total. The Labute approximate surface area is 116 Å². The molecule has 0 saturated heterocycles. The molecule has 18 heavy (non-hydrogen) atoms. The Morgan fingerprint density at radius 1 is 1.50 bits per heavy atom. The van der Waals surface area contributed by atoms with Crippen LogP contribution in [0.3, 0.4) is 0 Å². The molecule has 1 aromatic heterocycles. The predicted molar refractivity (Wildman–Crippen MR) is 77.2 cm³/mol. The Morgan fingerprint density at radius 2 is 2.22 bits per heavy atom. The van der Waals surface area contributed by atoms with E-state index in [4.69, 9.17) is 5.73 Å². The lowest BCUT2D eigenvalue weighted by atomic mass is 9.94. The molecule has 0 radical (unpaired) electrons. The number of nitrogens with zero attached hydrogens (tertiary/aromatic N) is 1. The second-order valence-corrected chi connectivity index (χ2v) is 5.67. The Bertz CT molecular complexity index is 378. The van der Waals surface area contributed by atoms with E-state index in [0.29, 0.717) is 24.6 Å². The lowest BCUT2D eigenvalue weighted by Gasteiger charge is -2.16. The minimum Gasteiger partial charge on any atom is -0.330 e. The summed E-state index contributed by atoms with van der Waals surface area (Å²) in [5, 5.41) is 2.83. The smallest absolute Gasteiger partial charge is 0.224 e. The summed E-state index contributed by atoms with van der Waals surface area (Å²) in [4.78, 5) is 15.9. The van der Waals surface area contributed by atoms with Crippen LogP contribution in [-0.2, 0) is 4.79 Å². The molecule has 1 rings (SSSR count). The molecule has 0 bridgehead atoms. The van der Waals surface area contributed by atoms with Crippen molar-refractivity contribution in [2.24, 2.45) is 17.6 Å². The number of rotatable bonds is 6. The third kappa shape index (κ3) is 5.60. The van der Waals surface area contributed by atoms with Gasteiger partial charge in [0.2, 0.25) is 5.91 Å². The number of nitrogens with two attached hydrogens (primary N) is 1. The van der Waals surface area contributed by atoms with E-state index in [1.54, 1.807) is 12.3 Å². The number of amides is 1. The van der Waals surface area contributed by atoms with E-state index in [1.165, 1.54) is 0 Å². The first-order chi connectivity index (χ1) is 8.51. The molecule has 5 heteroatoms. The largest absolute Gasteiger partial charge is 0.330 e. The zero-order chi connectivity index (χ0) is 13.5. The van der Waals surface area contributed by atoms with Gasteiger partial charge in [-0.15, -0.1) is 0 Å². The van der Waals surface area contributed by atoms with E-state index in [2.05, 4.69) is 40.1 Å². The summed E-state index contributed by atoms with van der Waals surface area (Å²) in [7, 11) is 0. The molecule has 0 spiro atoms. The Hall–Kier alpha value is -0.940. The molecule has 0 aliphatic carbocycles. The average molecular weight is 314 g/mol. The molecule has 1 aromatic rings.